The highest BCUT2D eigenvalue weighted by Gasteiger charge is 2.24. The molecule has 0 radical (unpaired) electrons. The number of aryl methyl sites for hydroxylation is 1. The Bertz CT molecular complexity index is 596. The van der Waals surface area contributed by atoms with Gasteiger partial charge in [0.15, 0.2) is 0 Å². The summed E-state index contributed by atoms with van der Waals surface area (Å²) >= 11 is 0. The second-order valence-corrected chi connectivity index (χ2v) is 6.67. The fourth-order valence-electron chi connectivity index (χ4n) is 2.99. The van der Waals surface area contributed by atoms with Crippen molar-refractivity contribution in [1.29, 1.82) is 0 Å². The monoisotopic (exact) mass is 285 g/mol. The maximum absolute atomic E-state index is 4.86. The fourth-order valence-corrected chi connectivity index (χ4v) is 2.99. The van der Waals surface area contributed by atoms with Gasteiger partial charge in [-0.25, -0.2) is 0 Å². The molecule has 3 nitrogen and oxygen atoms in total. The molecule has 1 atom stereocenters. The van der Waals surface area contributed by atoms with Crippen LogP contribution in [0.2, 0.25) is 0 Å². The first-order valence-electron chi connectivity index (χ1n) is 8.36. The molecule has 0 saturated heterocycles. The topological polar surface area (TPSA) is 29.9 Å². The second-order valence-electron chi connectivity index (χ2n) is 6.67. The molecular formula is C18H27N3. The van der Waals surface area contributed by atoms with E-state index >= 15 is 0 Å². The molecular weight excluding hydrogens is 258 g/mol. The molecule has 1 aromatic heterocycles. The molecule has 1 aromatic carbocycles. The van der Waals surface area contributed by atoms with E-state index < -0.39 is 0 Å². The van der Waals surface area contributed by atoms with E-state index in [0.29, 0.717) is 11.8 Å². The molecule has 114 valence electrons. The minimum absolute atomic E-state index is 0.661. The average molecular weight is 285 g/mol. The van der Waals surface area contributed by atoms with Crippen LogP contribution >= 0.6 is 0 Å². The molecule has 1 fully saturated rings. The van der Waals surface area contributed by atoms with Crippen LogP contribution in [0.4, 0.5) is 0 Å². The number of hydrogen-bond acceptors (Lipinski definition) is 2. The molecule has 1 saturated carbocycles. The van der Waals surface area contributed by atoms with Gasteiger partial charge in [0.1, 0.15) is 0 Å². The first-order valence-corrected chi connectivity index (χ1v) is 8.36. The Morgan fingerprint density at radius 2 is 2.05 bits per heavy atom. The number of para-hydroxylation sites is 1. The quantitative estimate of drug-likeness (QED) is 0.842. The van der Waals surface area contributed by atoms with Crippen molar-refractivity contribution in [3.63, 3.8) is 0 Å². The Kier molecular flexibility index (Phi) is 4.29. The molecule has 0 bridgehead atoms. The smallest absolute Gasteiger partial charge is 0.0706 e. The Morgan fingerprint density at radius 1 is 1.29 bits per heavy atom. The van der Waals surface area contributed by atoms with Gasteiger partial charge < -0.3 is 5.32 Å². The molecule has 1 aliphatic rings. The summed E-state index contributed by atoms with van der Waals surface area (Å²) in [6.45, 7) is 8.89. The van der Waals surface area contributed by atoms with E-state index in [-0.39, 0.29) is 0 Å². The number of aromatic nitrogens is 2. The van der Waals surface area contributed by atoms with Crippen LogP contribution < -0.4 is 5.32 Å². The van der Waals surface area contributed by atoms with Gasteiger partial charge in [0, 0.05) is 18.0 Å². The summed E-state index contributed by atoms with van der Waals surface area (Å²) < 4.78 is 2.14. The molecule has 3 rings (SSSR count). The number of fused-ring (bicyclic) bond motifs is 1. The van der Waals surface area contributed by atoms with Crippen LogP contribution in [0, 0.1) is 11.8 Å². The second kappa shape index (κ2) is 6.18. The predicted molar refractivity (Wildman–Crippen MR) is 88.5 cm³/mol. The Balaban J connectivity index is 1.80. The van der Waals surface area contributed by atoms with E-state index in [4.69, 9.17) is 5.10 Å². The van der Waals surface area contributed by atoms with Gasteiger partial charge in [-0.3, -0.25) is 4.68 Å². The molecule has 1 aliphatic carbocycles. The maximum atomic E-state index is 4.86. The molecule has 1 heterocycles. The van der Waals surface area contributed by atoms with Crippen LogP contribution in [-0.4, -0.2) is 22.4 Å². The van der Waals surface area contributed by atoms with Gasteiger partial charge in [-0.1, -0.05) is 32.0 Å². The number of nitrogens with one attached hydrogen (secondary N) is 1. The van der Waals surface area contributed by atoms with Crippen molar-refractivity contribution in [2.24, 2.45) is 11.8 Å². The van der Waals surface area contributed by atoms with Gasteiger partial charge >= 0.3 is 0 Å². The molecule has 0 amide bonds. The predicted octanol–water partition coefficient (Wildman–Crippen LogP) is 3.62. The van der Waals surface area contributed by atoms with Crippen molar-refractivity contribution in [1.82, 2.24) is 15.1 Å². The maximum Gasteiger partial charge on any atom is 0.0706 e. The van der Waals surface area contributed by atoms with Crippen LogP contribution in [0.15, 0.2) is 24.3 Å². The first-order chi connectivity index (χ1) is 10.2. The highest BCUT2D eigenvalue weighted by atomic mass is 15.3. The average Bonchev–Trinajstić information content (AvgIpc) is 3.25. The molecule has 3 heteroatoms. The first kappa shape index (κ1) is 14.6. The van der Waals surface area contributed by atoms with Gasteiger partial charge in [-0.05, 0) is 50.6 Å². The number of rotatable bonds is 7. The van der Waals surface area contributed by atoms with Crippen molar-refractivity contribution < 1.29 is 0 Å². The van der Waals surface area contributed by atoms with Crippen molar-refractivity contribution in [3.8, 4) is 0 Å². The van der Waals surface area contributed by atoms with Gasteiger partial charge in [0.05, 0.1) is 11.2 Å². The lowest BCUT2D eigenvalue weighted by atomic mass is 9.90. The summed E-state index contributed by atoms with van der Waals surface area (Å²) in [6.07, 6.45) is 3.79. The Hall–Kier alpha value is -1.35. The van der Waals surface area contributed by atoms with E-state index in [1.165, 1.54) is 29.4 Å². The summed E-state index contributed by atoms with van der Waals surface area (Å²) in [5.41, 5.74) is 2.54. The summed E-state index contributed by atoms with van der Waals surface area (Å²) in [6, 6.07) is 9.42. The Labute approximate surface area is 127 Å². The van der Waals surface area contributed by atoms with Crippen molar-refractivity contribution in [2.75, 3.05) is 6.54 Å². The van der Waals surface area contributed by atoms with E-state index in [2.05, 4.69) is 55.0 Å². The lowest BCUT2D eigenvalue weighted by molar-refractivity contribution is 0.356. The molecule has 2 aromatic rings. The molecule has 0 spiro atoms. The zero-order valence-electron chi connectivity index (χ0n) is 13.5. The fraction of sp³-hybridized carbons (Fsp3) is 0.611. The van der Waals surface area contributed by atoms with E-state index in [0.717, 1.165) is 25.6 Å². The minimum Gasteiger partial charge on any atom is -0.314 e. The van der Waals surface area contributed by atoms with Crippen LogP contribution in [0.25, 0.3) is 10.9 Å². The number of nitrogens with zero attached hydrogens (tertiary/aromatic N) is 2. The summed E-state index contributed by atoms with van der Waals surface area (Å²) in [4.78, 5) is 0. The van der Waals surface area contributed by atoms with Crippen LogP contribution in [0.3, 0.4) is 0 Å². The van der Waals surface area contributed by atoms with Gasteiger partial charge in [0.2, 0.25) is 0 Å². The lowest BCUT2D eigenvalue weighted by Crippen LogP contribution is -2.29. The summed E-state index contributed by atoms with van der Waals surface area (Å²) in [5, 5.41) is 9.88. The third-order valence-electron chi connectivity index (χ3n) is 4.68. The van der Waals surface area contributed by atoms with Crippen molar-refractivity contribution in [3.05, 3.63) is 30.0 Å². The Morgan fingerprint density at radius 3 is 2.71 bits per heavy atom. The highest BCUT2D eigenvalue weighted by Crippen LogP contribution is 2.25. The van der Waals surface area contributed by atoms with Crippen molar-refractivity contribution in [2.45, 2.75) is 52.6 Å². The largest absolute Gasteiger partial charge is 0.314 e. The lowest BCUT2D eigenvalue weighted by Gasteiger charge is -2.20. The van der Waals surface area contributed by atoms with Gasteiger partial charge in [-0.2, -0.15) is 5.10 Å². The third kappa shape index (κ3) is 3.29. The molecule has 1 N–H and O–H groups in total. The zero-order valence-corrected chi connectivity index (χ0v) is 13.5. The SMILES string of the molecule is CCn1nc(CC(CNC2CC2)C(C)C)c2ccccc21. The normalized spacial score (nSPS) is 16.8. The van der Waals surface area contributed by atoms with Crippen LogP contribution in [0.1, 0.15) is 39.3 Å². The van der Waals surface area contributed by atoms with Gasteiger partial charge in [-0.15, -0.1) is 0 Å². The molecule has 0 aliphatic heterocycles. The summed E-state index contributed by atoms with van der Waals surface area (Å²) in [7, 11) is 0. The van der Waals surface area contributed by atoms with Crippen LogP contribution in [0.5, 0.6) is 0 Å². The van der Waals surface area contributed by atoms with E-state index in [1.54, 1.807) is 0 Å². The van der Waals surface area contributed by atoms with Crippen LogP contribution in [-0.2, 0) is 13.0 Å². The van der Waals surface area contributed by atoms with Gasteiger partial charge in [0.25, 0.3) is 0 Å². The van der Waals surface area contributed by atoms with E-state index in [9.17, 15) is 0 Å². The third-order valence-corrected chi connectivity index (χ3v) is 4.68. The standard InChI is InChI=1S/C18H27N3/c1-4-21-18-8-6-5-7-16(18)17(20-21)11-14(13(2)3)12-19-15-9-10-15/h5-8,13-15,19H,4,9-12H2,1-3H3. The zero-order chi connectivity index (χ0) is 14.8. The van der Waals surface area contributed by atoms with E-state index in [1.807, 2.05) is 0 Å². The summed E-state index contributed by atoms with van der Waals surface area (Å²) in [5.74, 6) is 1.34. The molecule has 21 heavy (non-hydrogen) atoms. The number of hydrogen-bond donors (Lipinski definition) is 1. The minimum atomic E-state index is 0.661. The van der Waals surface area contributed by atoms with Crippen molar-refractivity contribution >= 4 is 10.9 Å². The molecule has 1 unspecified atom stereocenters. The highest BCUT2D eigenvalue weighted by molar-refractivity contribution is 5.81. The number of benzene rings is 1.